The molecule has 2 fully saturated rings. The van der Waals surface area contributed by atoms with Crippen LogP contribution in [0.5, 0.6) is 0 Å². The number of aryl methyl sites for hydroxylation is 1. The molecule has 3 aliphatic rings. The lowest BCUT2D eigenvalue weighted by Gasteiger charge is -2.27. The van der Waals surface area contributed by atoms with Gasteiger partial charge in [-0.15, -0.1) is 0 Å². The number of rotatable bonds is 4. The highest BCUT2D eigenvalue weighted by Gasteiger charge is 2.67. The summed E-state index contributed by atoms with van der Waals surface area (Å²) in [5.74, 6) is 0.146. The zero-order valence-corrected chi connectivity index (χ0v) is 26.9. The molecule has 0 radical (unpaired) electrons. The van der Waals surface area contributed by atoms with Crippen molar-refractivity contribution in [1.82, 2.24) is 34.6 Å². The molecule has 14 heteroatoms. The number of pyridine rings is 2. The quantitative estimate of drug-likeness (QED) is 0.191. The van der Waals surface area contributed by atoms with Crippen molar-refractivity contribution in [3.8, 4) is 11.3 Å². The highest BCUT2D eigenvalue weighted by molar-refractivity contribution is 9.10. The van der Waals surface area contributed by atoms with Crippen LogP contribution in [0.1, 0.15) is 41.6 Å². The van der Waals surface area contributed by atoms with Gasteiger partial charge in [0.1, 0.15) is 34.5 Å². The summed E-state index contributed by atoms with van der Waals surface area (Å²) in [6, 6.07) is 4.46. The summed E-state index contributed by atoms with van der Waals surface area (Å²) in [4.78, 5) is 59.7. The minimum atomic E-state index is -0.737. The third-order valence-electron chi connectivity index (χ3n) is 8.70. The normalized spacial score (nSPS) is 23.5. The number of ether oxygens (including phenoxy) is 2. The van der Waals surface area contributed by atoms with Crippen LogP contribution in [-0.2, 0) is 32.2 Å². The zero-order chi connectivity index (χ0) is 32.0. The van der Waals surface area contributed by atoms with Crippen molar-refractivity contribution in [3.05, 3.63) is 70.6 Å². The fourth-order valence-corrected chi connectivity index (χ4v) is 6.87. The van der Waals surface area contributed by atoms with E-state index < -0.39 is 6.04 Å². The minimum absolute atomic E-state index is 0.162. The number of likely N-dealkylation sites (tertiary alicyclic amines) is 1. The third-order valence-corrected chi connectivity index (χ3v) is 9.11. The molecular weight excluding hydrogens is 656 g/mol. The van der Waals surface area contributed by atoms with Crippen molar-refractivity contribution in [2.75, 3.05) is 25.1 Å². The number of anilines is 1. The lowest BCUT2D eigenvalue weighted by Crippen LogP contribution is -2.46. The monoisotopic (exact) mass is 686 g/mol. The number of ketones is 1. The SMILES string of the molecule is CC(=O)c1nn(CC(=O)N2[C@H]3C[C@@]4(COC/C=C/COCc5cc(Br)nc(c5)NC3=O)C[C@@H]24)c2cnc(-c3cnc(C)nc3)cc12. The molecule has 1 N–H and O–H groups in total. The van der Waals surface area contributed by atoms with Crippen LogP contribution in [0.4, 0.5) is 5.82 Å². The zero-order valence-electron chi connectivity index (χ0n) is 25.3. The summed E-state index contributed by atoms with van der Waals surface area (Å²) in [7, 11) is 0. The van der Waals surface area contributed by atoms with Crippen molar-refractivity contribution < 1.29 is 23.9 Å². The van der Waals surface area contributed by atoms with E-state index in [1.165, 1.54) is 11.6 Å². The van der Waals surface area contributed by atoms with Gasteiger partial charge in [0.15, 0.2) is 5.78 Å². The number of aromatic nitrogens is 6. The Morgan fingerprint density at radius 1 is 1.07 bits per heavy atom. The van der Waals surface area contributed by atoms with Crippen LogP contribution >= 0.6 is 15.9 Å². The van der Waals surface area contributed by atoms with Gasteiger partial charge in [-0.05, 0) is 59.5 Å². The van der Waals surface area contributed by atoms with Crippen LogP contribution in [0.3, 0.4) is 0 Å². The first-order valence-electron chi connectivity index (χ1n) is 15.0. The van der Waals surface area contributed by atoms with Gasteiger partial charge in [0.25, 0.3) is 0 Å². The maximum absolute atomic E-state index is 14.1. The first kappa shape index (κ1) is 30.3. The summed E-state index contributed by atoms with van der Waals surface area (Å²) in [6.45, 7) is 4.65. The van der Waals surface area contributed by atoms with Gasteiger partial charge < -0.3 is 19.7 Å². The van der Waals surface area contributed by atoms with Crippen LogP contribution < -0.4 is 5.32 Å². The molecule has 236 valence electrons. The summed E-state index contributed by atoms with van der Waals surface area (Å²) in [5.41, 5.74) is 2.56. The largest absolute Gasteiger partial charge is 0.377 e. The number of Topliss-reactive ketones (excluding diaryl/α,β-unsaturated/α-hetero) is 1. The third kappa shape index (κ3) is 5.83. The van der Waals surface area contributed by atoms with Gasteiger partial charge in [-0.2, -0.15) is 5.10 Å². The molecule has 0 aromatic carbocycles. The second-order valence-electron chi connectivity index (χ2n) is 11.9. The van der Waals surface area contributed by atoms with Crippen molar-refractivity contribution in [3.63, 3.8) is 0 Å². The van der Waals surface area contributed by atoms with E-state index in [0.29, 0.717) is 71.3 Å². The number of carbonyl (C=O) groups excluding carboxylic acids is 3. The number of carbonyl (C=O) groups is 3. The highest BCUT2D eigenvalue weighted by Crippen LogP contribution is 2.60. The molecule has 7 rings (SSSR count). The second kappa shape index (κ2) is 12.1. The Morgan fingerprint density at radius 2 is 1.85 bits per heavy atom. The van der Waals surface area contributed by atoms with Crippen molar-refractivity contribution in [1.29, 1.82) is 0 Å². The van der Waals surface area contributed by atoms with Crippen LogP contribution in [0.15, 0.2) is 53.5 Å². The fraction of sp³-hybridized carbons (Fsp3) is 0.375. The molecule has 2 amide bonds. The predicted molar refractivity (Wildman–Crippen MR) is 170 cm³/mol. The Kier molecular flexibility index (Phi) is 7.95. The van der Waals surface area contributed by atoms with E-state index in [9.17, 15) is 14.4 Å². The molecule has 46 heavy (non-hydrogen) atoms. The molecule has 1 saturated heterocycles. The second-order valence-corrected chi connectivity index (χ2v) is 12.8. The summed E-state index contributed by atoms with van der Waals surface area (Å²) in [5, 5.41) is 8.03. The van der Waals surface area contributed by atoms with Crippen LogP contribution in [0, 0.1) is 12.3 Å². The molecule has 6 heterocycles. The maximum atomic E-state index is 14.1. The Balaban J connectivity index is 1.19. The molecule has 3 atom stereocenters. The fourth-order valence-electron chi connectivity index (χ4n) is 6.38. The first-order valence-corrected chi connectivity index (χ1v) is 15.8. The predicted octanol–water partition coefficient (Wildman–Crippen LogP) is 3.66. The molecule has 0 unspecified atom stereocenters. The van der Waals surface area contributed by atoms with E-state index >= 15 is 0 Å². The van der Waals surface area contributed by atoms with Gasteiger partial charge in [0, 0.05) is 41.7 Å². The lowest BCUT2D eigenvalue weighted by atomic mass is 10.00. The standard InChI is InChI=1S/C32H31BrN8O5/c1-18(42)30-22-9-23(21-12-34-19(2)35-13-21)36-14-25(22)40(39-30)15-29(43)41-24-10-32(11-26(32)41)17-46-6-4-3-5-45-16-20-7-27(33)37-28(8-20)38-31(24)44/h3-4,7-9,12-14,24,26H,5-6,10-11,15-17H2,1-2H3,(H,37,38,44)/b4-3+/t24-,26+,32-/m0/s1. The molecule has 1 spiro atoms. The number of piperidine rings is 1. The van der Waals surface area contributed by atoms with E-state index in [0.717, 1.165) is 12.0 Å². The average Bonchev–Trinajstić information content (AvgIpc) is 3.43. The molecule has 4 aromatic rings. The van der Waals surface area contributed by atoms with Crippen LogP contribution in [0.2, 0.25) is 0 Å². The Morgan fingerprint density at radius 3 is 2.63 bits per heavy atom. The number of amides is 2. The number of nitrogens with zero attached hydrogens (tertiary/aromatic N) is 7. The van der Waals surface area contributed by atoms with Crippen molar-refractivity contribution >= 4 is 50.2 Å². The van der Waals surface area contributed by atoms with Crippen LogP contribution in [0.25, 0.3) is 22.2 Å². The summed E-state index contributed by atoms with van der Waals surface area (Å²) >= 11 is 3.42. The van der Waals surface area contributed by atoms with Gasteiger partial charge in [0.2, 0.25) is 11.8 Å². The molecule has 2 aliphatic heterocycles. The van der Waals surface area contributed by atoms with E-state index in [1.54, 1.807) is 42.5 Å². The highest BCUT2D eigenvalue weighted by atomic mass is 79.9. The maximum Gasteiger partial charge on any atom is 0.248 e. The summed E-state index contributed by atoms with van der Waals surface area (Å²) < 4.78 is 13.8. The van der Waals surface area contributed by atoms with Crippen molar-refractivity contribution in [2.24, 2.45) is 5.41 Å². The molecule has 4 bridgehead atoms. The molecule has 1 aliphatic carbocycles. The molecule has 1 saturated carbocycles. The van der Waals surface area contributed by atoms with Gasteiger partial charge in [-0.25, -0.2) is 15.0 Å². The Labute approximate surface area is 272 Å². The first-order chi connectivity index (χ1) is 22.2. The Bertz CT molecular complexity index is 1890. The average molecular weight is 688 g/mol. The molecular formula is C32H31BrN8O5. The number of hydrogen-bond acceptors (Lipinski definition) is 10. The minimum Gasteiger partial charge on any atom is -0.377 e. The van der Waals surface area contributed by atoms with Gasteiger partial charge >= 0.3 is 0 Å². The summed E-state index contributed by atoms with van der Waals surface area (Å²) in [6.07, 6.45) is 9.96. The van der Waals surface area contributed by atoms with Crippen LogP contribution in [-0.4, -0.2) is 84.1 Å². The smallest absolute Gasteiger partial charge is 0.248 e. The van der Waals surface area contributed by atoms with E-state index in [4.69, 9.17) is 9.47 Å². The number of nitrogens with one attached hydrogen (secondary N) is 1. The van der Waals surface area contributed by atoms with E-state index in [2.05, 4.69) is 46.3 Å². The van der Waals surface area contributed by atoms with Gasteiger partial charge in [0.05, 0.1) is 43.8 Å². The Hall–Kier alpha value is -4.40. The van der Waals surface area contributed by atoms with E-state index in [-0.39, 0.29) is 41.3 Å². The lowest BCUT2D eigenvalue weighted by molar-refractivity contribution is -0.138. The topological polar surface area (TPSA) is 154 Å². The van der Waals surface area contributed by atoms with Gasteiger partial charge in [-0.1, -0.05) is 12.2 Å². The van der Waals surface area contributed by atoms with Crippen molar-refractivity contribution in [2.45, 2.75) is 51.9 Å². The molecule has 13 nitrogen and oxygen atoms in total. The number of hydrogen-bond donors (Lipinski definition) is 1. The molecule has 4 aromatic heterocycles. The number of fused-ring (bicyclic) bond motifs is 4. The number of halogens is 1. The van der Waals surface area contributed by atoms with E-state index in [1.807, 2.05) is 18.2 Å². The van der Waals surface area contributed by atoms with Gasteiger partial charge in [-0.3, -0.25) is 24.0 Å².